The molecule has 0 aliphatic carbocycles. The molecule has 0 spiro atoms. The number of carboxylic acid groups (broad SMARTS) is 1. The van der Waals surface area contributed by atoms with Gasteiger partial charge in [0.05, 0.1) is 0 Å². The lowest BCUT2D eigenvalue weighted by atomic mass is 10.1. The number of carboxylic acids is 1. The van der Waals surface area contributed by atoms with Gasteiger partial charge in [-0.1, -0.05) is 60.7 Å². The van der Waals surface area contributed by atoms with Gasteiger partial charge in [0, 0.05) is 13.0 Å². The van der Waals surface area contributed by atoms with Crippen molar-refractivity contribution in [1.82, 2.24) is 10.2 Å². The van der Waals surface area contributed by atoms with E-state index in [1.165, 1.54) is 5.56 Å². The lowest BCUT2D eigenvalue weighted by molar-refractivity contribution is -0.142. The monoisotopic (exact) mass is 382 g/mol. The number of amides is 1. The number of aryl methyl sites for hydroxylation is 1. The third-order valence-corrected chi connectivity index (χ3v) is 4.69. The molecule has 0 aliphatic heterocycles. The standard InChI is InChI=1S/C23H30N2O3/c1-25(18-20-12-6-3-7-13-20)17-9-8-14-21(23(27)28)24-22(26)16-15-19-10-4-2-5-11-19/h2-7,10-13,21H,8-9,14-18H2,1H3,(H,24,26)(H,27,28). The van der Waals surface area contributed by atoms with Crippen molar-refractivity contribution in [3.05, 3.63) is 71.8 Å². The third kappa shape index (κ3) is 8.35. The molecule has 0 saturated carbocycles. The van der Waals surface area contributed by atoms with Crippen LogP contribution in [0.1, 0.15) is 36.8 Å². The minimum Gasteiger partial charge on any atom is -0.480 e. The molecule has 1 amide bonds. The van der Waals surface area contributed by atoms with Crippen LogP contribution in [0.15, 0.2) is 60.7 Å². The average Bonchev–Trinajstić information content (AvgIpc) is 2.70. The Bertz CT molecular complexity index is 719. The maximum atomic E-state index is 12.1. The lowest BCUT2D eigenvalue weighted by Gasteiger charge is -2.18. The molecule has 2 aromatic carbocycles. The first-order valence-corrected chi connectivity index (χ1v) is 9.83. The summed E-state index contributed by atoms with van der Waals surface area (Å²) < 4.78 is 0. The van der Waals surface area contributed by atoms with E-state index in [0.29, 0.717) is 19.3 Å². The first-order chi connectivity index (χ1) is 13.5. The van der Waals surface area contributed by atoms with E-state index in [9.17, 15) is 14.7 Å². The highest BCUT2D eigenvalue weighted by atomic mass is 16.4. The van der Waals surface area contributed by atoms with E-state index in [2.05, 4.69) is 29.4 Å². The van der Waals surface area contributed by atoms with Gasteiger partial charge in [-0.2, -0.15) is 0 Å². The molecule has 0 bridgehead atoms. The first-order valence-electron chi connectivity index (χ1n) is 9.83. The molecular weight excluding hydrogens is 352 g/mol. The van der Waals surface area contributed by atoms with Crippen LogP contribution in [0.25, 0.3) is 0 Å². The van der Waals surface area contributed by atoms with E-state index in [1.54, 1.807) is 0 Å². The van der Waals surface area contributed by atoms with E-state index in [0.717, 1.165) is 31.5 Å². The molecule has 2 aromatic rings. The summed E-state index contributed by atoms with van der Waals surface area (Å²) in [5, 5.41) is 12.0. The molecule has 5 nitrogen and oxygen atoms in total. The van der Waals surface area contributed by atoms with Crippen LogP contribution < -0.4 is 5.32 Å². The SMILES string of the molecule is CN(CCCCC(NC(=O)CCc1ccccc1)C(=O)O)Cc1ccccc1. The Labute approximate surface area is 167 Å². The van der Waals surface area contributed by atoms with E-state index in [4.69, 9.17) is 0 Å². The lowest BCUT2D eigenvalue weighted by Crippen LogP contribution is -2.40. The van der Waals surface area contributed by atoms with Crippen LogP contribution in [-0.4, -0.2) is 41.5 Å². The van der Waals surface area contributed by atoms with Crippen LogP contribution in [0.5, 0.6) is 0 Å². The van der Waals surface area contributed by atoms with E-state index in [1.807, 2.05) is 48.5 Å². The summed E-state index contributed by atoms with van der Waals surface area (Å²) >= 11 is 0. The van der Waals surface area contributed by atoms with Gasteiger partial charge in [0.25, 0.3) is 0 Å². The van der Waals surface area contributed by atoms with Crippen molar-refractivity contribution in [2.45, 2.75) is 44.7 Å². The second-order valence-electron chi connectivity index (χ2n) is 7.16. The van der Waals surface area contributed by atoms with E-state index < -0.39 is 12.0 Å². The molecule has 150 valence electrons. The van der Waals surface area contributed by atoms with Crippen molar-refractivity contribution in [2.75, 3.05) is 13.6 Å². The number of aliphatic carboxylic acids is 1. The molecule has 0 aromatic heterocycles. The predicted molar refractivity (Wildman–Crippen MR) is 111 cm³/mol. The number of unbranched alkanes of at least 4 members (excludes halogenated alkanes) is 1. The molecular formula is C23H30N2O3. The molecule has 0 fully saturated rings. The Balaban J connectivity index is 1.66. The number of hydrogen-bond acceptors (Lipinski definition) is 3. The maximum absolute atomic E-state index is 12.1. The number of nitrogens with zero attached hydrogens (tertiary/aromatic N) is 1. The largest absolute Gasteiger partial charge is 0.480 e. The van der Waals surface area contributed by atoms with Crippen molar-refractivity contribution in [3.63, 3.8) is 0 Å². The molecule has 1 unspecified atom stereocenters. The zero-order chi connectivity index (χ0) is 20.2. The highest BCUT2D eigenvalue weighted by molar-refractivity contribution is 5.83. The third-order valence-electron chi connectivity index (χ3n) is 4.69. The molecule has 0 aliphatic rings. The summed E-state index contributed by atoms with van der Waals surface area (Å²) in [7, 11) is 2.06. The van der Waals surface area contributed by atoms with Gasteiger partial charge in [0.15, 0.2) is 0 Å². The van der Waals surface area contributed by atoms with E-state index in [-0.39, 0.29) is 5.91 Å². The maximum Gasteiger partial charge on any atom is 0.326 e. The normalized spacial score (nSPS) is 11.9. The summed E-state index contributed by atoms with van der Waals surface area (Å²) in [4.78, 5) is 25.8. The van der Waals surface area contributed by atoms with Crippen molar-refractivity contribution in [3.8, 4) is 0 Å². The molecule has 5 heteroatoms. The number of carbonyl (C=O) groups excluding carboxylic acids is 1. The summed E-state index contributed by atoms with van der Waals surface area (Å²) in [6.07, 6.45) is 3.02. The fraction of sp³-hybridized carbons (Fsp3) is 0.391. The predicted octanol–water partition coefficient (Wildman–Crippen LogP) is 3.49. The summed E-state index contributed by atoms with van der Waals surface area (Å²) in [6, 6.07) is 19.2. The topological polar surface area (TPSA) is 69.6 Å². The summed E-state index contributed by atoms with van der Waals surface area (Å²) in [5.41, 5.74) is 2.34. The highest BCUT2D eigenvalue weighted by Crippen LogP contribution is 2.07. The molecule has 28 heavy (non-hydrogen) atoms. The second-order valence-corrected chi connectivity index (χ2v) is 7.16. The highest BCUT2D eigenvalue weighted by Gasteiger charge is 2.19. The number of carbonyl (C=O) groups is 2. The van der Waals surface area contributed by atoms with Gasteiger partial charge >= 0.3 is 5.97 Å². The zero-order valence-corrected chi connectivity index (χ0v) is 16.5. The van der Waals surface area contributed by atoms with Crippen molar-refractivity contribution < 1.29 is 14.7 Å². The van der Waals surface area contributed by atoms with Gasteiger partial charge in [-0.05, 0) is 50.4 Å². The number of nitrogens with one attached hydrogen (secondary N) is 1. The smallest absolute Gasteiger partial charge is 0.326 e. The first kappa shape index (κ1) is 21.6. The van der Waals surface area contributed by atoms with Crippen LogP contribution >= 0.6 is 0 Å². The Kier molecular flexibility index (Phi) is 9.22. The Hall–Kier alpha value is -2.66. The summed E-state index contributed by atoms with van der Waals surface area (Å²) in [5.74, 6) is -1.18. The van der Waals surface area contributed by atoms with Crippen molar-refractivity contribution in [1.29, 1.82) is 0 Å². The van der Waals surface area contributed by atoms with Gasteiger partial charge in [0.1, 0.15) is 6.04 Å². The molecule has 0 heterocycles. The minimum absolute atomic E-state index is 0.211. The van der Waals surface area contributed by atoms with Crippen LogP contribution in [0.2, 0.25) is 0 Å². The quantitative estimate of drug-likeness (QED) is 0.551. The average molecular weight is 383 g/mol. The van der Waals surface area contributed by atoms with E-state index >= 15 is 0 Å². The van der Waals surface area contributed by atoms with Crippen molar-refractivity contribution >= 4 is 11.9 Å². The fourth-order valence-electron chi connectivity index (χ4n) is 3.13. The fourth-order valence-corrected chi connectivity index (χ4v) is 3.13. The van der Waals surface area contributed by atoms with Crippen LogP contribution in [0.4, 0.5) is 0 Å². The second kappa shape index (κ2) is 11.9. The van der Waals surface area contributed by atoms with Crippen LogP contribution in [0, 0.1) is 0 Å². The van der Waals surface area contributed by atoms with Crippen LogP contribution in [0.3, 0.4) is 0 Å². The van der Waals surface area contributed by atoms with Gasteiger partial charge in [-0.3, -0.25) is 4.79 Å². The molecule has 0 radical (unpaired) electrons. The summed E-state index contributed by atoms with van der Waals surface area (Å²) in [6.45, 7) is 1.77. The molecule has 1 atom stereocenters. The number of rotatable bonds is 12. The Morgan fingerprint density at radius 2 is 1.57 bits per heavy atom. The van der Waals surface area contributed by atoms with Gasteiger partial charge < -0.3 is 15.3 Å². The number of hydrogen-bond donors (Lipinski definition) is 2. The van der Waals surface area contributed by atoms with Gasteiger partial charge in [-0.25, -0.2) is 4.79 Å². The molecule has 2 N–H and O–H groups in total. The zero-order valence-electron chi connectivity index (χ0n) is 16.5. The minimum atomic E-state index is -0.967. The Morgan fingerprint density at radius 1 is 0.964 bits per heavy atom. The number of benzene rings is 2. The van der Waals surface area contributed by atoms with Crippen LogP contribution in [-0.2, 0) is 22.6 Å². The molecule has 2 rings (SSSR count). The van der Waals surface area contributed by atoms with Crippen molar-refractivity contribution in [2.24, 2.45) is 0 Å². The van der Waals surface area contributed by atoms with Gasteiger partial charge in [0.2, 0.25) is 5.91 Å². The molecule has 0 saturated heterocycles. The Morgan fingerprint density at radius 3 is 2.18 bits per heavy atom. The van der Waals surface area contributed by atoms with Gasteiger partial charge in [-0.15, -0.1) is 0 Å².